The highest BCUT2D eigenvalue weighted by atomic mass is 32.2. The molecule has 1 atom stereocenters. The number of nitrogens with zero attached hydrogens (tertiary/aromatic N) is 3. The van der Waals surface area contributed by atoms with E-state index in [-0.39, 0.29) is 16.8 Å². The maximum atomic E-state index is 13.1. The summed E-state index contributed by atoms with van der Waals surface area (Å²) in [5, 5.41) is 0.907. The molecule has 174 valence electrons. The molecular formula is C24H28N4O3S2. The summed E-state index contributed by atoms with van der Waals surface area (Å²) >= 11 is 1.69. The van der Waals surface area contributed by atoms with Crippen LogP contribution in [0, 0.1) is 6.92 Å². The molecule has 2 heterocycles. The summed E-state index contributed by atoms with van der Waals surface area (Å²) in [6, 6.07) is 13.7. The number of hydrogen-bond donors (Lipinski definition) is 1. The van der Waals surface area contributed by atoms with Crippen LogP contribution < -0.4 is 4.72 Å². The van der Waals surface area contributed by atoms with Crippen LogP contribution in [0.25, 0.3) is 0 Å². The highest BCUT2D eigenvalue weighted by Gasteiger charge is 2.37. The summed E-state index contributed by atoms with van der Waals surface area (Å²) in [5.74, 6) is 0.893. The van der Waals surface area contributed by atoms with Gasteiger partial charge in [0.1, 0.15) is 0 Å². The standard InChI is InChI=1S/C24H28N4O3S2/c1-16-9-11-20(12-10-16)33(30,31)26-19-8-5-7-18(15-19)22-21(23(29)27(3)4)17(2)25-24-28(22)13-6-14-32-24/h5,7-12,15,22,26H,6,13-14H2,1-4H3. The topological polar surface area (TPSA) is 82.1 Å². The quantitative estimate of drug-likeness (QED) is 0.694. The molecule has 0 aliphatic carbocycles. The van der Waals surface area contributed by atoms with Crippen LogP contribution in [0.15, 0.2) is 69.7 Å². The molecule has 2 aliphatic heterocycles. The van der Waals surface area contributed by atoms with Gasteiger partial charge in [0.25, 0.3) is 15.9 Å². The average molecular weight is 485 g/mol. The highest BCUT2D eigenvalue weighted by Crippen LogP contribution is 2.40. The van der Waals surface area contributed by atoms with Crippen LogP contribution in [0.3, 0.4) is 0 Å². The van der Waals surface area contributed by atoms with Gasteiger partial charge in [-0.15, -0.1) is 0 Å². The van der Waals surface area contributed by atoms with Gasteiger partial charge in [0, 0.05) is 32.1 Å². The van der Waals surface area contributed by atoms with E-state index in [2.05, 4.69) is 9.62 Å². The fourth-order valence-corrected chi connectivity index (χ4v) is 6.10. The summed E-state index contributed by atoms with van der Waals surface area (Å²) in [7, 11) is -0.269. The molecule has 1 N–H and O–H groups in total. The molecule has 1 amide bonds. The van der Waals surface area contributed by atoms with Gasteiger partial charge < -0.3 is 9.80 Å². The Hall–Kier alpha value is -2.78. The first-order valence-electron chi connectivity index (χ1n) is 10.8. The number of benzene rings is 2. The number of nitrogens with one attached hydrogen (secondary N) is 1. The number of aryl methyl sites for hydroxylation is 1. The van der Waals surface area contributed by atoms with E-state index in [1.54, 1.807) is 61.1 Å². The second-order valence-electron chi connectivity index (χ2n) is 8.44. The van der Waals surface area contributed by atoms with Crippen LogP contribution >= 0.6 is 11.8 Å². The minimum atomic E-state index is -3.73. The molecule has 9 heteroatoms. The van der Waals surface area contributed by atoms with E-state index in [9.17, 15) is 13.2 Å². The molecule has 0 aromatic heterocycles. The number of carbonyl (C=O) groups excluding carboxylic acids is 1. The predicted molar refractivity (Wildman–Crippen MR) is 134 cm³/mol. The highest BCUT2D eigenvalue weighted by molar-refractivity contribution is 8.13. The summed E-state index contributed by atoms with van der Waals surface area (Å²) in [5.41, 5.74) is 3.61. The van der Waals surface area contributed by atoms with Gasteiger partial charge in [0.15, 0.2) is 5.17 Å². The lowest BCUT2D eigenvalue weighted by Crippen LogP contribution is -2.43. The molecule has 7 nitrogen and oxygen atoms in total. The van der Waals surface area contributed by atoms with Gasteiger partial charge in [-0.1, -0.05) is 41.6 Å². The van der Waals surface area contributed by atoms with Crippen LogP contribution in [0.5, 0.6) is 0 Å². The summed E-state index contributed by atoms with van der Waals surface area (Å²) in [6.45, 7) is 4.57. The minimum absolute atomic E-state index is 0.0958. The van der Waals surface area contributed by atoms with E-state index >= 15 is 0 Å². The molecule has 0 spiro atoms. The van der Waals surface area contributed by atoms with Crippen molar-refractivity contribution < 1.29 is 13.2 Å². The van der Waals surface area contributed by atoms with Crippen molar-refractivity contribution in [1.82, 2.24) is 9.80 Å². The predicted octanol–water partition coefficient (Wildman–Crippen LogP) is 4.01. The number of amides is 1. The van der Waals surface area contributed by atoms with Crippen molar-refractivity contribution in [3.8, 4) is 0 Å². The third kappa shape index (κ3) is 4.79. The number of sulfonamides is 1. The van der Waals surface area contributed by atoms with Crippen molar-refractivity contribution in [2.24, 2.45) is 4.99 Å². The smallest absolute Gasteiger partial charge is 0.261 e. The second-order valence-corrected chi connectivity index (χ2v) is 11.2. The molecule has 0 radical (unpaired) electrons. The van der Waals surface area contributed by atoms with Gasteiger partial charge in [-0.2, -0.15) is 0 Å². The summed E-state index contributed by atoms with van der Waals surface area (Å²) in [6.07, 6.45) is 0.989. The van der Waals surface area contributed by atoms with Crippen LogP contribution in [0.4, 0.5) is 5.69 Å². The maximum Gasteiger partial charge on any atom is 0.261 e. The molecule has 0 bridgehead atoms. The number of carbonyl (C=O) groups is 1. The van der Waals surface area contributed by atoms with Gasteiger partial charge in [0.05, 0.1) is 22.2 Å². The SMILES string of the molecule is CC1=C(C(=O)N(C)C)C(c2cccc(NS(=O)(=O)c3ccc(C)cc3)c2)N2CCCSC2=N1. The fraction of sp³-hybridized carbons (Fsp3) is 0.333. The van der Waals surface area contributed by atoms with Crippen molar-refractivity contribution in [1.29, 1.82) is 0 Å². The second kappa shape index (κ2) is 9.23. The van der Waals surface area contributed by atoms with E-state index < -0.39 is 10.0 Å². The molecular weight excluding hydrogens is 456 g/mol. The average Bonchev–Trinajstić information content (AvgIpc) is 2.77. The van der Waals surface area contributed by atoms with E-state index in [0.29, 0.717) is 17.0 Å². The van der Waals surface area contributed by atoms with E-state index in [1.807, 2.05) is 32.0 Å². The Labute approximate surface area is 199 Å². The van der Waals surface area contributed by atoms with Gasteiger partial charge in [-0.05, 0) is 50.1 Å². The van der Waals surface area contributed by atoms with Crippen LogP contribution in [0.2, 0.25) is 0 Å². The molecule has 4 rings (SSSR count). The lowest BCUT2D eigenvalue weighted by atomic mass is 9.93. The zero-order valence-electron chi connectivity index (χ0n) is 19.2. The Morgan fingerprint density at radius 2 is 1.88 bits per heavy atom. The third-order valence-corrected chi connectivity index (χ3v) is 8.15. The van der Waals surface area contributed by atoms with E-state index in [0.717, 1.165) is 35.0 Å². The number of amidine groups is 1. The molecule has 2 aromatic rings. The molecule has 1 saturated heterocycles. The Morgan fingerprint density at radius 3 is 2.58 bits per heavy atom. The minimum Gasteiger partial charge on any atom is -0.345 e. The lowest BCUT2D eigenvalue weighted by Gasteiger charge is -2.41. The fourth-order valence-electron chi connectivity index (χ4n) is 4.03. The van der Waals surface area contributed by atoms with Gasteiger partial charge in [0.2, 0.25) is 0 Å². The molecule has 1 fully saturated rings. The van der Waals surface area contributed by atoms with Crippen molar-refractivity contribution in [2.75, 3.05) is 31.1 Å². The zero-order valence-corrected chi connectivity index (χ0v) is 20.8. The Balaban J connectivity index is 1.73. The zero-order chi connectivity index (χ0) is 23.8. The van der Waals surface area contributed by atoms with Crippen molar-refractivity contribution in [3.05, 3.63) is 70.9 Å². The Morgan fingerprint density at radius 1 is 1.15 bits per heavy atom. The first-order valence-corrected chi connectivity index (χ1v) is 13.2. The maximum absolute atomic E-state index is 13.1. The van der Waals surface area contributed by atoms with E-state index in [1.165, 1.54) is 0 Å². The van der Waals surface area contributed by atoms with Gasteiger partial charge >= 0.3 is 0 Å². The Bertz CT molecular complexity index is 1230. The number of thioether (sulfide) groups is 1. The number of rotatable bonds is 5. The van der Waals surface area contributed by atoms with Crippen molar-refractivity contribution >= 4 is 38.5 Å². The monoisotopic (exact) mass is 484 g/mol. The summed E-state index contributed by atoms with van der Waals surface area (Å²) < 4.78 is 28.5. The number of hydrogen-bond acceptors (Lipinski definition) is 6. The summed E-state index contributed by atoms with van der Waals surface area (Å²) in [4.78, 5) is 21.8. The third-order valence-electron chi connectivity index (χ3n) is 5.68. The molecule has 33 heavy (non-hydrogen) atoms. The molecule has 2 aliphatic rings. The normalized spacial score (nSPS) is 18.5. The van der Waals surface area contributed by atoms with Crippen molar-refractivity contribution in [3.63, 3.8) is 0 Å². The molecule has 0 saturated carbocycles. The van der Waals surface area contributed by atoms with Crippen molar-refractivity contribution in [2.45, 2.75) is 31.2 Å². The number of aliphatic imine (C=N–C) groups is 1. The van der Waals surface area contributed by atoms with Crippen LogP contribution in [-0.2, 0) is 14.8 Å². The molecule has 1 unspecified atom stereocenters. The number of fused-ring (bicyclic) bond motifs is 1. The first kappa shape index (κ1) is 23.4. The van der Waals surface area contributed by atoms with Crippen LogP contribution in [-0.4, -0.2) is 55.7 Å². The van der Waals surface area contributed by atoms with Gasteiger partial charge in [-0.25, -0.2) is 13.4 Å². The van der Waals surface area contributed by atoms with E-state index in [4.69, 9.17) is 4.99 Å². The Kier molecular flexibility index (Phi) is 6.54. The van der Waals surface area contributed by atoms with Crippen LogP contribution in [0.1, 0.15) is 30.5 Å². The number of anilines is 1. The number of allylic oxidation sites excluding steroid dienone is 1. The largest absolute Gasteiger partial charge is 0.345 e. The first-order chi connectivity index (χ1) is 15.7. The number of likely N-dealkylation sites (N-methyl/N-ethyl adjacent to an activating group) is 1. The van der Waals surface area contributed by atoms with Gasteiger partial charge in [-0.3, -0.25) is 9.52 Å². The molecule has 2 aromatic carbocycles. The lowest BCUT2D eigenvalue weighted by molar-refractivity contribution is -0.125.